The summed E-state index contributed by atoms with van der Waals surface area (Å²) in [4.78, 5) is 13.0. The van der Waals surface area contributed by atoms with Crippen LogP contribution in [-0.2, 0) is 0 Å². The number of hydrogen-bond acceptors (Lipinski definition) is 5. The molecule has 0 aromatic heterocycles. The Labute approximate surface area is 118 Å². The minimum atomic E-state index is -0.373. The Kier molecular flexibility index (Phi) is 5.17. The Morgan fingerprint density at radius 2 is 2.15 bits per heavy atom. The molecular formula is C14H21N3O3. The summed E-state index contributed by atoms with van der Waals surface area (Å²) >= 11 is 0. The van der Waals surface area contributed by atoms with Crippen molar-refractivity contribution in [2.45, 2.75) is 19.3 Å². The highest BCUT2D eigenvalue weighted by atomic mass is 16.6. The summed E-state index contributed by atoms with van der Waals surface area (Å²) in [5, 5.41) is 14.1. The van der Waals surface area contributed by atoms with E-state index in [1.54, 1.807) is 19.2 Å². The molecule has 1 saturated heterocycles. The lowest BCUT2D eigenvalue weighted by Gasteiger charge is -2.15. The third-order valence-electron chi connectivity index (χ3n) is 3.57. The fourth-order valence-corrected chi connectivity index (χ4v) is 2.47. The number of nitro groups is 1. The van der Waals surface area contributed by atoms with Crippen LogP contribution in [0.3, 0.4) is 0 Å². The first kappa shape index (κ1) is 14.6. The standard InChI is InChI=1S/C14H21N3O3/c1-20-12-5-6-14(17(18)19)13(11-12)15-7-4-10-16-8-2-3-9-16/h5-6,11,15H,2-4,7-10H2,1H3. The normalized spacial score (nSPS) is 15.2. The highest BCUT2D eigenvalue weighted by Gasteiger charge is 2.15. The minimum absolute atomic E-state index is 0.0898. The van der Waals surface area contributed by atoms with Crippen LogP contribution in [0.5, 0.6) is 5.75 Å². The molecule has 6 nitrogen and oxygen atoms in total. The molecule has 6 heteroatoms. The Balaban J connectivity index is 1.88. The number of nitrogens with one attached hydrogen (secondary N) is 1. The summed E-state index contributed by atoms with van der Waals surface area (Å²) in [6.45, 7) is 4.13. The van der Waals surface area contributed by atoms with Crippen LogP contribution >= 0.6 is 0 Å². The van der Waals surface area contributed by atoms with Crippen molar-refractivity contribution in [1.29, 1.82) is 0 Å². The summed E-state index contributed by atoms with van der Waals surface area (Å²) in [6.07, 6.45) is 3.55. The van der Waals surface area contributed by atoms with Crippen molar-refractivity contribution in [3.63, 3.8) is 0 Å². The van der Waals surface area contributed by atoms with Crippen LogP contribution in [0.25, 0.3) is 0 Å². The second-order valence-electron chi connectivity index (χ2n) is 4.97. The van der Waals surface area contributed by atoms with Gasteiger partial charge in [-0.25, -0.2) is 0 Å². The Bertz CT molecular complexity index is 459. The second-order valence-corrected chi connectivity index (χ2v) is 4.97. The number of likely N-dealkylation sites (tertiary alicyclic amines) is 1. The van der Waals surface area contributed by atoms with Crippen molar-refractivity contribution in [3.05, 3.63) is 28.3 Å². The molecule has 1 N–H and O–H groups in total. The molecule has 1 aliphatic rings. The van der Waals surface area contributed by atoms with Crippen LogP contribution in [0, 0.1) is 10.1 Å². The van der Waals surface area contributed by atoms with Gasteiger partial charge in [0, 0.05) is 18.7 Å². The zero-order valence-electron chi connectivity index (χ0n) is 11.8. The SMILES string of the molecule is COc1ccc([N+](=O)[O-])c(NCCCN2CCCC2)c1. The van der Waals surface area contributed by atoms with Gasteiger partial charge in [-0.2, -0.15) is 0 Å². The van der Waals surface area contributed by atoms with E-state index >= 15 is 0 Å². The van der Waals surface area contributed by atoms with Crippen molar-refractivity contribution >= 4 is 11.4 Å². The fourth-order valence-electron chi connectivity index (χ4n) is 2.47. The van der Waals surface area contributed by atoms with Crippen molar-refractivity contribution in [3.8, 4) is 5.75 Å². The predicted octanol–water partition coefficient (Wildman–Crippen LogP) is 2.50. The van der Waals surface area contributed by atoms with Gasteiger partial charge in [-0.05, 0) is 45.0 Å². The van der Waals surface area contributed by atoms with E-state index in [-0.39, 0.29) is 10.6 Å². The van der Waals surface area contributed by atoms with Gasteiger partial charge in [-0.3, -0.25) is 10.1 Å². The first-order valence-corrected chi connectivity index (χ1v) is 6.99. The summed E-state index contributed by atoms with van der Waals surface area (Å²) < 4.78 is 5.11. The molecule has 0 spiro atoms. The van der Waals surface area contributed by atoms with Gasteiger partial charge in [0.15, 0.2) is 0 Å². The van der Waals surface area contributed by atoms with E-state index in [9.17, 15) is 10.1 Å². The molecule has 1 heterocycles. The molecule has 1 aromatic rings. The van der Waals surface area contributed by atoms with E-state index in [4.69, 9.17) is 4.74 Å². The van der Waals surface area contributed by atoms with Crippen molar-refractivity contribution in [2.24, 2.45) is 0 Å². The maximum absolute atomic E-state index is 11.0. The van der Waals surface area contributed by atoms with Gasteiger partial charge in [-0.1, -0.05) is 0 Å². The Hall–Kier alpha value is -1.82. The summed E-state index contributed by atoms with van der Waals surface area (Å²) in [5.41, 5.74) is 0.614. The fraction of sp³-hybridized carbons (Fsp3) is 0.571. The molecule has 0 aliphatic carbocycles. The largest absolute Gasteiger partial charge is 0.497 e. The quantitative estimate of drug-likeness (QED) is 0.472. The average Bonchev–Trinajstić information content (AvgIpc) is 2.96. The highest BCUT2D eigenvalue weighted by Crippen LogP contribution is 2.28. The number of hydrogen-bond donors (Lipinski definition) is 1. The molecule has 0 atom stereocenters. The molecule has 0 bridgehead atoms. The lowest BCUT2D eigenvalue weighted by Crippen LogP contribution is -2.22. The predicted molar refractivity (Wildman–Crippen MR) is 78.4 cm³/mol. The molecule has 2 rings (SSSR count). The molecular weight excluding hydrogens is 258 g/mol. The Morgan fingerprint density at radius 1 is 1.40 bits per heavy atom. The molecule has 0 amide bonds. The third-order valence-corrected chi connectivity index (χ3v) is 3.57. The first-order valence-electron chi connectivity index (χ1n) is 6.99. The molecule has 20 heavy (non-hydrogen) atoms. The Morgan fingerprint density at radius 3 is 2.80 bits per heavy atom. The summed E-state index contributed by atoms with van der Waals surface area (Å²) in [5.74, 6) is 0.623. The summed E-state index contributed by atoms with van der Waals surface area (Å²) in [7, 11) is 1.55. The van der Waals surface area contributed by atoms with Crippen molar-refractivity contribution < 1.29 is 9.66 Å². The molecule has 0 saturated carbocycles. The molecule has 0 radical (unpaired) electrons. The van der Waals surface area contributed by atoms with Gasteiger partial charge in [-0.15, -0.1) is 0 Å². The van der Waals surface area contributed by atoms with Crippen LogP contribution < -0.4 is 10.1 Å². The topological polar surface area (TPSA) is 67.6 Å². The van der Waals surface area contributed by atoms with Gasteiger partial charge in [0.2, 0.25) is 0 Å². The van der Waals surface area contributed by atoms with Crippen molar-refractivity contribution in [1.82, 2.24) is 4.90 Å². The van der Waals surface area contributed by atoms with Crippen LogP contribution in [0.1, 0.15) is 19.3 Å². The average molecular weight is 279 g/mol. The molecule has 1 aliphatic heterocycles. The second kappa shape index (κ2) is 7.09. The van der Waals surface area contributed by atoms with E-state index in [1.165, 1.54) is 32.0 Å². The van der Waals surface area contributed by atoms with E-state index < -0.39 is 0 Å². The molecule has 1 fully saturated rings. The lowest BCUT2D eigenvalue weighted by atomic mass is 10.2. The van der Waals surface area contributed by atoms with Gasteiger partial charge >= 0.3 is 0 Å². The van der Waals surface area contributed by atoms with Gasteiger partial charge < -0.3 is 15.0 Å². The number of benzene rings is 1. The number of ether oxygens (including phenoxy) is 1. The molecule has 1 aromatic carbocycles. The monoisotopic (exact) mass is 279 g/mol. The van der Waals surface area contributed by atoms with Gasteiger partial charge in [0.05, 0.1) is 12.0 Å². The number of nitrogens with zero attached hydrogens (tertiary/aromatic N) is 2. The van der Waals surface area contributed by atoms with Gasteiger partial charge in [0.25, 0.3) is 5.69 Å². The van der Waals surface area contributed by atoms with E-state index in [0.29, 0.717) is 11.4 Å². The lowest BCUT2D eigenvalue weighted by molar-refractivity contribution is -0.384. The minimum Gasteiger partial charge on any atom is -0.497 e. The van der Waals surface area contributed by atoms with Crippen LogP contribution in [0.2, 0.25) is 0 Å². The van der Waals surface area contributed by atoms with Crippen LogP contribution in [-0.4, -0.2) is 43.1 Å². The molecule has 110 valence electrons. The number of nitro benzene ring substituents is 1. The van der Waals surface area contributed by atoms with Crippen LogP contribution in [0.15, 0.2) is 18.2 Å². The first-order chi connectivity index (χ1) is 9.70. The maximum atomic E-state index is 11.0. The zero-order valence-corrected chi connectivity index (χ0v) is 11.8. The number of anilines is 1. The van der Waals surface area contributed by atoms with Crippen LogP contribution in [0.4, 0.5) is 11.4 Å². The highest BCUT2D eigenvalue weighted by molar-refractivity contribution is 5.64. The van der Waals surface area contributed by atoms with E-state index in [1.807, 2.05) is 0 Å². The maximum Gasteiger partial charge on any atom is 0.292 e. The van der Waals surface area contributed by atoms with Crippen molar-refractivity contribution in [2.75, 3.05) is 38.6 Å². The third kappa shape index (κ3) is 3.84. The number of methoxy groups -OCH3 is 1. The smallest absolute Gasteiger partial charge is 0.292 e. The van der Waals surface area contributed by atoms with E-state index in [0.717, 1.165) is 19.5 Å². The van der Waals surface area contributed by atoms with E-state index in [2.05, 4.69) is 10.2 Å². The number of rotatable bonds is 7. The molecule has 0 unspecified atom stereocenters. The van der Waals surface area contributed by atoms with Gasteiger partial charge in [0.1, 0.15) is 11.4 Å². The summed E-state index contributed by atoms with van der Waals surface area (Å²) in [6, 6.07) is 4.75. The zero-order chi connectivity index (χ0) is 14.4.